The Morgan fingerprint density at radius 3 is 2.64 bits per heavy atom. The standard InChI is InChI=1S/C24H30N4/c1-4-19-9-10-28-23-16-20(17-25)6-7-21(23)18(2)5-8-22(24(28)15-19)27-13-11-26(3)12-14-27/h6-10,15-16,18-19H,4-5,11-14H2,1-3H3. The van der Waals surface area contributed by atoms with Crippen molar-refractivity contribution >= 4 is 5.69 Å². The van der Waals surface area contributed by atoms with Crippen LogP contribution < -0.4 is 4.90 Å². The first kappa shape index (κ1) is 18.8. The van der Waals surface area contributed by atoms with Crippen LogP contribution in [0.4, 0.5) is 5.69 Å². The van der Waals surface area contributed by atoms with Crippen LogP contribution in [-0.2, 0) is 0 Å². The van der Waals surface area contributed by atoms with Crippen molar-refractivity contribution in [3.05, 3.63) is 65.1 Å². The molecule has 0 saturated carbocycles. The van der Waals surface area contributed by atoms with E-state index in [4.69, 9.17) is 0 Å². The van der Waals surface area contributed by atoms with Crippen molar-refractivity contribution in [2.75, 3.05) is 38.1 Å². The summed E-state index contributed by atoms with van der Waals surface area (Å²) in [6.45, 7) is 8.86. The van der Waals surface area contributed by atoms with Crippen molar-refractivity contribution in [3.8, 4) is 6.07 Å². The minimum atomic E-state index is 0.420. The molecule has 4 rings (SSSR count). The van der Waals surface area contributed by atoms with Gasteiger partial charge >= 0.3 is 0 Å². The van der Waals surface area contributed by atoms with Crippen LogP contribution in [0.3, 0.4) is 0 Å². The fraction of sp³-hybridized carbons (Fsp3) is 0.458. The molecule has 0 spiro atoms. The summed E-state index contributed by atoms with van der Waals surface area (Å²) in [5.74, 6) is 0.880. The number of anilines is 1. The molecule has 28 heavy (non-hydrogen) atoms. The van der Waals surface area contributed by atoms with E-state index in [0.717, 1.165) is 50.3 Å². The van der Waals surface area contributed by atoms with E-state index < -0.39 is 0 Å². The monoisotopic (exact) mass is 374 g/mol. The molecule has 3 aliphatic rings. The summed E-state index contributed by atoms with van der Waals surface area (Å²) in [6, 6.07) is 8.48. The minimum Gasteiger partial charge on any atom is -0.368 e. The van der Waals surface area contributed by atoms with Crippen molar-refractivity contribution in [3.63, 3.8) is 0 Å². The van der Waals surface area contributed by atoms with Crippen molar-refractivity contribution in [2.24, 2.45) is 5.92 Å². The highest BCUT2D eigenvalue weighted by Crippen LogP contribution is 2.40. The van der Waals surface area contributed by atoms with Gasteiger partial charge in [0.25, 0.3) is 0 Å². The first-order chi connectivity index (χ1) is 13.6. The van der Waals surface area contributed by atoms with E-state index >= 15 is 0 Å². The average molecular weight is 375 g/mol. The van der Waals surface area contributed by atoms with E-state index in [1.54, 1.807) is 0 Å². The number of rotatable bonds is 2. The molecular weight excluding hydrogens is 344 g/mol. The quantitative estimate of drug-likeness (QED) is 0.766. The number of likely N-dealkylation sites (N-methyl/N-ethyl adjacent to an activating group) is 1. The van der Waals surface area contributed by atoms with Gasteiger partial charge in [0.05, 0.1) is 28.7 Å². The van der Waals surface area contributed by atoms with Crippen LogP contribution in [-0.4, -0.2) is 43.0 Å². The Bertz CT molecular complexity index is 865. The van der Waals surface area contributed by atoms with Gasteiger partial charge in [0.15, 0.2) is 0 Å². The fourth-order valence-corrected chi connectivity index (χ4v) is 4.39. The Morgan fingerprint density at radius 2 is 1.93 bits per heavy atom. The number of fused-ring (bicyclic) bond motifs is 3. The molecule has 1 aromatic rings. The third kappa shape index (κ3) is 3.47. The number of nitrogens with zero attached hydrogens (tertiary/aromatic N) is 4. The first-order valence-electron chi connectivity index (χ1n) is 10.5. The van der Waals surface area contributed by atoms with Crippen molar-refractivity contribution in [1.29, 1.82) is 5.26 Å². The van der Waals surface area contributed by atoms with Gasteiger partial charge in [-0.1, -0.05) is 38.1 Å². The topological polar surface area (TPSA) is 33.5 Å². The summed E-state index contributed by atoms with van der Waals surface area (Å²) < 4.78 is 0. The summed E-state index contributed by atoms with van der Waals surface area (Å²) in [7, 11) is 2.20. The lowest BCUT2D eigenvalue weighted by Gasteiger charge is -2.41. The molecule has 0 radical (unpaired) electrons. The highest BCUT2D eigenvalue weighted by molar-refractivity contribution is 5.68. The lowest BCUT2D eigenvalue weighted by atomic mass is 9.89. The third-order valence-corrected chi connectivity index (χ3v) is 6.31. The van der Waals surface area contributed by atoms with Crippen molar-refractivity contribution < 1.29 is 0 Å². The molecule has 4 nitrogen and oxygen atoms in total. The Morgan fingerprint density at radius 1 is 1.14 bits per heavy atom. The van der Waals surface area contributed by atoms with Gasteiger partial charge in [0.1, 0.15) is 0 Å². The number of benzene rings is 1. The molecule has 0 N–H and O–H groups in total. The van der Waals surface area contributed by atoms with Crippen LogP contribution in [0.5, 0.6) is 0 Å². The zero-order chi connectivity index (χ0) is 19.7. The van der Waals surface area contributed by atoms with Crippen LogP contribution in [0.25, 0.3) is 0 Å². The maximum atomic E-state index is 9.46. The zero-order valence-corrected chi connectivity index (χ0v) is 17.2. The second kappa shape index (κ2) is 7.85. The molecule has 2 atom stereocenters. The highest BCUT2D eigenvalue weighted by Gasteiger charge is 2.29. The largest absolute Gasteiger partial charge is 0.368 e. The lowest BCUT2D eigenvalue weighted by molar-refractivity contribution is 0.187. The van der Waals surface area contributed by atoms with Crippen molar-refractivity contribution in [2.45, 2.75) is 32.6 Å². The van der Waals surface area contributed by atoms with Crippen LogP contribution in [0.15, 0.2) is 54.0 Å². The SMILES string of the molecule is CCC1C=CN2C(=C1)C(N1CCN(C)CC1)=CCC(C)c1ccc(C#N)cc12. The second-order valence-corrected chi connectivity index (χ2v) is 8.24. The lowest BCUT2D eigenvalue weighted by Crippen LogP contribution is -2.45. The summed E-state index contributed by atoms with van der Waals surface area (Å²) in [6.07, 6.45) is 11.5. The molecule has 0 amide bonds. The van der Waals surface area contributed by atoms with E-state index in [9.17, 15) is 5.26 Å². The molecule has 146 valence electrons. The van der Waals surface area contributed by atoms with E-state index in [1.165, 1.54) is 17.0 Å². The predicted octanol–water partition coefficient (Wildman–Crippen LogP) is 4.44. The number of piperazine rings is 1. The molecule has 4 heteroatoms. The maximum absolute atomic E-state index is 9.46. The van der Waals surface area contributed by atoms with Gasteiger partial charge in [-0.15, -0.1) is 0 Å². The second-order valence-electron chi connectivity index (χ2n) is 8.24. The van der Waals surface area contributed by atoms with E-state index in [-0.39, 0.29) is 0 Å². The van der Waals surface area contributed by atoms with Crippen molar-refractivity contribution in [1.82, 2.24) is 9.80 Å². The number of allylic oxidation sites excluding steroid dienone is 3. The molecular formula is C24H30N4. The summed E-state index contributed by atoms with van der Waals surface area (Å²) in [5, 5.41) is 9.46. The van der Waals surface area contributed by atoms with E-state index in [2.05, 4.69) is 78.2 Å². The third-order valence-electron chi connectivity index (χ3n) is 6.31. The number of hydrogen-bond donors (Lipinski definition) is 0. The molecule has 3 heterocycles. The normalized spacial score (nSPS) is 25.1. The Labute approximate surface area is 169 Å². The van der Waals surface area contributed by atoms with Crippen LogP contribution in [0.1, 0.15) is 43.7 Å². The summed E-state index contributed by atoms with van der Waals surface area (Å²) in [4.78, 5) is 7.28. The Hall–Kier alpha value is -2.51. The minimum absolute atomic E-state index is 0.420. The van der Waals surface area contributed by atoms with Crippen LogP contribution >= 0.6 is 0 Å². The molecule has 1 aromatic carbocycles. The van der Waals surface area contributed by atoms with Gasteiger partial charge in [-0.05, 0) is 49.4 Å². The molecule has 1 fully saturated rings. The van der Waals surface area contributed by atoms with Crippen LogP contribution in [0, 0.1) is 17.2 Å². The van der Waals surface area contributed by atoms with E-state index in [1.807, 2.05) is 6.07 Å². The Kier molecular flexibility index (Phi) is 5.28. The summed E-state index contributed by atoms with van der Waals surface area (Å²) in [5.41, 5.74) is 5.83. The van der Waals surface area contributed by atoms with Gasteiger partial charge in [-0.3, -0.25) is 0 Å². The first-order valence-corrected chi connectivity index (χ1v) is 10.5. The van der Waals surface area contributed by atoms with Gasteiger partial charge in [0, 0.05) is 32.4 Å². The maximum Gasteiger partial charge on any atom is 0.0992 e. The van der Waals surface area contributed by atoms with Gasteiger partial charge in [0.2, 0.25) is 0 Å². The number of nitriles is 1. The van der Waals surface area contributed by atoms with Gasteiger partial charge in [-0.2, -0.15) is 5.26 Å². The molecule has 0 bridgehead atoms. The van der Waals surface area contributed by atoms with Gasteiger partial charge < -0.3 is 14.7 Å². The summed E-state index contributed by atoms with van der Waals surface area (Å²) >= 11 is 0. The highest BCUT2D eigenvalue weighted by atomic mass is 15.3. The molecule has 2 unspecified atom stereocenters. The predicted molar refractivity (Wildman–Crippen MR) is 115 cm³/mol. The molecule has 0 aromatic heterocycles. The smallest absolute Gasteiger partial charge is 0.0992 e. The zero-order valence-electron chi connectivity index (χ0n) is 17.2. The molecule has 1 saturated heterocycles. The number of hydrogen-bond acceptors (Lipinski definition) is 4. The molecule has 0 aliphatic carbocycles. The van der Waals surface area contributed by atoms with Gasteiger partial charge in [-0.25, -0.2) is 0 Å². The molecule has 3 aliphatic heterocycles. The Balaban J connectivity index is 1.81. The van der Waals surface area contributed by atoms with Crippen LogP contribution in [0.2, 0.25) is 0 Å². The van der Waals surface area contributed by atoms with E-state index in [0.29, 0.717) is 11.8 Å². The fourth-order valence-electron chi connectivity index (χ4n) is 4.39. The average Bonchev–Trinajstić information content (AvgIpc) is 2.73.